The molecule has 0 saturated heterocycles. The number of hydrogen-bond acceptors (Lipinski definition) is 4. The summed E-state index contributed by atoms with van der Waals surface area (Å²) in [7, 11) is 3.25. The maximum atomic E-state index is 5.86. The van der Waals surface area contributed by atoms with E-state index in [2.05, 4.69) is 20.9 Å². The maximum absolute atomic E-state index is 5.86. The third-order valence-corrected chi connectivity index (χ3v) is 3.68. The Morgan fingerprint density at radius 1 is 1.10 bits per heavy atom. The lowest BCUT2D eigenvalue weighted by molar-refractivity contribution is 0.277. The van der Waals surface area contributed by atoms with E-state index in [0.29, 0.717) is 23.9 Å². The molecule has 1 aromatic carbocycles. The van der Waals surface area contributed by atoms with Gasteiger partial charge in [-0.2, -0.15) is 0 Å². The van der Waals surface area contributed by atoms with E-state index in [1.807, 2.05) is 30.5 Å². The lowest BCUT2D eigenvalue weighted by atomic mass is 10.2. The highest BCUT2D eigenvalue weighted by molar-refractivity contribution is 9.08. The zero-order valence-electron chi connectivity index (χ0n) is 12.1. The number of nitrogens with zero attached hydrogens (tertiary/aromatic N) is 1. The fraction of sp³-hybridized carbons (Fsp3) is 0.312. The molecule has 2 aromatic rings. The number of rotatable bonds is 7. The van der Waals surface area contributed by atoms with E-state index in [9.17, 15) is 0 Å². The lowest BCUT2D eigenvalue weighted by Crippen LogP contribution is -2.05. The van der Waals surface area contributed by atoms with Gasteiger partial charge in [0.1, 0.15) is 0 Å². The standard InChI is InChI=1S/C16H18BrNO3/c1-19-14-8-13(10-17)9-15(20-2)16(14)21-7-5-12-4-3-6-18-11-12/h3-4,6,8-9,11H,5,7,10H2,1-2H3. The fourth-order valence-corrected chi connectivity index (χ4v) is 2.29. The lowest BCUT2D eigenvalue weighted by Gasteiger charge is -2.15. The first-order chi connectivity index (χ1) is 10.3. The van der Waals surface area contributed by atoms with Gasteiger partial charge in [0.25, 0.3) is 0 Å². The minimum atomic E-state index is 0.534. The Labute approximate surface area is 133 Å². The molecule has 0 aliphatic carbocycles. The SMILES string of the molecule is COc1cc(CBr)cc(OC)c1OCCc1cccnc1. The summed E-state index contributed by atoms with van der Waals surface area (Å²) in [5.41, 5.74) is 2.20. The van der Waals surface area contributed by atoms with Crippen molar-refractivity contribution in [3.05, 3.63) is 47.8 Å². The van der Waals surface area contributed by atoms with Gasteiger partial charge >= 0.3 is 0 Å². The third kappa shape index (κ3) is 4.11. The average molecular weight is 352 g/mol. The molecule has 2 rings (SSSR count). The molecule has 0 atom stereocenters. The van der Waals surface area contributed by atoms with Crippen molar-refractivity contribution in [2.24, 2.45) is 0 Å². The molecular weight excluding hydrogens is 334 g/mol. The Balaban J connectivity index is 2.11. The molecule has 0 radical (unpaired) electrons. The predicted molar refractivity (Wildman–Crippen MR) is 85.6 cm³/mol. The quantitative estimate of drug-likeness (QED) is 0.714. The molecule has 21 heavy (non-hydrogen) atoms. The van der Waals surface area contributed by atoms with Crippen LogP contribution in [0.4, 0.5) is 0 Å². The summed E-state index contributed by atoms with van der Waals surface area (Å²) in [4.78, 5) is 4.09. The van der Waals surface area contributed by atoms with Gasteiger partial charge in [-0.3, -0.25) is 4.98 Å². The van der Waals surface area contributed by atoms with Crippen LogP contribution in [0.25, 0.3) is 0 Å². The van der Waals surface area contributed by atoms with Crippen LogP contribution in [0.5, 0.6) is 17.2 Å². The van der Waals surface area contributed by atoms with Crippen LogP contribution in [-0.2, 0) is 11.8 Å². The van der Waals surface area contributed by atoms with Crippen LogP contribution in [0.1, 0.15) is 11.1 Å². The Bertz CT molecular complexity index is 550. The van der Waals surface area contributed by atoms with Gasteiger partial charge in [0.2, 0.25) is 5.75 Å². The van der Waals surface area contributed by atoms with Gasteiger partial charge in [-0.05, 0) is 29.3 Å². The molecular formula is C16H18BrNO3. The molecule has 0 aliphatic rings. The highest BCUT2D eigenvalue weighted by atomic mass is 79.9. The molecule has 4 nitrogen and oxygen atoms in total. The van der Waals surface area contributed by atoms with Crippen LogP contribution in [0.3, 0.4) is 0 Å². The molecule has 0 bridgehead atoms. The van der Waals surface area contributed by atoms with Crippen LogP contribution in [0, 0.1) is 0 Å². The highest BCUT2D eigenvalue weighted by Gasteiger charge is 2.13. The summed E-state index contributed by atoms with van der Waals surface area (Å²) in [5.74, 6) is 1.98. The van der Waals surface area contributed by atoms with Gasteiger partial charge in [-0.25, -0.2) is 0 Å². The van der Waals surface area contributed by atoms with E-state index in [1.165, 1.54) is 0 Å². The zero-order chi connectivity index (χ0) is 15.1. The van der Waals surface area contributed by atoms with E-state index in [-0.39, 0.29) is 0 Å². The summed E-state index contributed by atoms with van der Waals surface area (Å²) < 4.78 is 16.7. The normalized spacial score (nSPS) is 10.2. The van der Waals surface area contributed by atoms with Gasteiger partial charge in [0, 0.05) is 24.1 Å². The highest BCUT2D eigenvalue weighted by Crippen LogP contribution is 2.39. The molecule has 0 spiro atoms. The van der Waals surface area contributed by atoms with E-state index in [4.69, 9.17) is 14.2 Å². The minimum Gasteiger partial charge on any atom is -0.493 e. The van der Waals surface area contributed by atoms with Crippen molar-refractivity contribution in [3.8, 4) is 17.2 Å². The van der Waals surface area contributed by atoms with Gasteiger partial charge < -0.3 is 14.2 Å². The molecule has 5 heteroatoms. The second-order valence-electron chi connectivity index (χ2n) is 4.42. The molecule has 0 fully saturated rings. The number of benzene rings is 1. The van der Waals surface area contributed by atoms with E-state index in [0.717, 1.165) is 22.9 Å². The monoisotopic (exact) mass is 351 g/mol. The summed E-state index contributed by atoms with van der Waals surface area (Å²) in [6, 6.07) is 7.83. The minimum absolute atomic E-state index is 0.534. The van der Waals surface area contributed by atoms with Crippen molar-refractivity contribution in [1.29, 1.82) is 0 Å². The second-order valence-corrected chi connectivity index (χ2v) is 4.98. The number of halogens is 1. The van der Waals surface area contributed by atoms with Crippen LogP contribution in [0.15, 0.2) is 36.7 Å². The van der Waals surface area contributed by atoms with Crippen LogP contribution in [0.2, 0.25) is 0 Å². The summed E-state index contributed by atoms with van der Waals surface area (Å²) >= 11 is 3.43. The zero-order valence-corrected chi connectivity index (χ0v) is 13.7. The molecule has 0 unspecified atom stereocenters. The Kier molecular flexibility index (Phi) is 5.87. The van der Waals surface area contributed by atoms with Crippen molar-refractivity contribution in [1.82, 2.24) is 4.98 Å². The van der Waals surface area contributed by atoms with Gasteiger partial charge in [-0.15, -0.1) is 0 Å². The largest absolute Gasteiger partial charge is 0.493 e. The van der Waals surface area contributed by atoms with Crippen molar-refractivity contribution in [3.63, 3.8) is 0 Å². The van der Waals surface area contributed by atoms with Gasteiger partial charge in [0.15, 0.2) is 11.5 Å². The van der Waals surface area contributed by atoms with E-state index in [1.54, 1.807) is 20.4 Å². The van der Waals surface area contributed by atoms with Crippen LogP contribution >= 0.6 is 15.9 Å². The number of methoxy groups -OCH3 is 2. The van der Waals surface area contributed by atoms with E-state index >= 15 is 0 Å². The first-order valence-corrected chi connectivity index (χ1v) is 7.73. The number of hydrogen-bond donors (Lipinski definition) is 0. The topological polar surface area (TPSA) is 40.6 Å². The summed E-state index contributed by atoms with van der Waals surface area (Å²) in [6.45, 7) is 0.534. The van der Waals surface area contributed by atoms with Crippen molar-refractivity contribution < 1.29 is 14.2 Å². The molecule has 0 aliphatic heterocycles. The molecule has 0 saturated carbocycles. The van der Waals surface area contributed by atoms with Gasteiger partial charge in [0.05, 0.1) is 20.8 Å². The molecule has 1 heterocycles. The second kappa shape index (κ2) is 7.88. The number of pyridine rings is 1. The molecule has 0 amide bonds. The predicted octanol–water partition coefficient (Wildman–Crippen LogP) is 3.62. The molecule has 112 valence electrons. The molecule has 1 aromatic heterocycles. The van der Waals surface area contributed by atoms with Crippen LogP contribution in [-0.4, -0.2) is 25.8 Å². The maximum Gasteiger partial charge on any atom is 0.203 e. The first-order valence-electron chi connectivity index (χ1n) is 6.61. The van der Waals surface area contributed by atoms with E-state index < -0.39 is 0 Å². The van der Waals surface area contributed by atoms with Gasteiger partial charge in [-0.1, -0.05) is 22.0 Å². The number of ether oxygens (including phenoxy) is 3. The Morgan fingerprint density at radius 3 is 2.33 bits per heavy atom. The first kappa shape index (κ1) is 15.6. The fourth-order valence-electron chi connectivity index (χ4n) is 1.97. The van der Waals surface area contributed by atoms with Crippen molar-refractivity contribution >= 4 is 15.9 Å². The summed E-state index contributed by atoms with van der Waals surface area (Å²) in [6.07, 6.45) is 4.38. The Morgan fingerprint density at radius 2 is 1.81 bits per heavy atom. The van der Waals surface area contributed by atoms with Crippen molar-refractivity contribution in [2.45, 2.75) is 11.8 Å². The molecule has 0 N–H and O–H groups in total. The third-order valence-electron chi connectivity index (χ3n) is 3.03. The average Bonchev–Trinajstić information content (AvgIpc) is 2.55. The summed E-state index contributed by atoms with van der Waals surface area (Å²) in [5, 5.41) is 0.732. The van der Waals surface area contributed by atoms with Crippen LogP contribution < -0.4 is 14.2 Å². The Hall–Kier alpha value is -1.75. The number of aromatic nitrogens is 1. The van der Waals surface area contributed by atoms with Crippen molar-refractivity contribution in [2.75, 3.05) is 20.8 Å². The number of alkyl halides is 1. The smallest absolute Gasteiger partial charge is 0.203 e.